The summed E-state index contributed by atoms with van der Waals surface area (Å²) in [6.45, 7) is 8.00. The average Bonchev–Trinajstić information content (AvgIpc) is 2.61. The number of ether oxygens (including phenoxy) is 2. The van der Waals surface area contributed by atoms with Gasteiger partial charge in [-0.05, 0) is 19.1 Å². The zero-order valence-corrected chi connectivity index (χ0v) is 10.4. The Morgan fingerprint density at radius 3 is 2.57 bits per heavy atom. The molecule has 1 saturated heterocycles. The van der Waals surface area contributed by atoms with Crippen LogP contribution in [0.4, 0.5) is 0 Å². The van der Waals surface area contributed by atoms with Crippen molar-refractivity contribution in [3.63, 3.8) is 0 Å². The van der Waals surface area contributed by atoms with Crippen LogP contribution in [0.1, 0.15) is 33.6 Å². The molecule has 1 atom stereocenters. The van der Waals surface area contributed by atoms with E-state index in [0.717, 1.165) is 19.0 Å². The standard InChI is InChI=1S/C11H22O2S/c1-4-5-8-14-9-10(2)11(3)12-6-7-13-11/h10H,4-9H2,1-3H3. The largest absolute Gasteiger partial charge is 0.348 e. The summed E-state index contributed by atoms with van der Waals surface area (Å²) in [6.07, 6.45) is 2.60. The summed E-state index contributed by atoms with van der Waals surface area (Å²) in [5.41, 5.74) is 0. The van der Waals surface area contributed by atoms with Crippen molar-refractivity contribution in [3.8, 4) is 0 Å². The Hall–Kier alpha value is 0.270. The van der Waals surface area contributed by atoms with E-state index in [1.165, 1.54) is 18.6 Å². The second-order valence-electron chi connectivity index (χ2n) is 4.04. The van der Waals surface area contributed by atoms with Gasteiger partial charge in [-0.1, -0.05) is 20.3 Å². The molecule has 1 aliphatic rings. The fourth-order valence-corrected chi connectivity index (χ4v) is 2.79. The maximum atomic E-state index is 5.62. The molecule has 1 fully saturated rings. The predicted molar refractivity (Wildman–Crippen MR) is 61.7 cm³/mol. The van der Waals surface area contributed by atoms with Crippen molar-refractivity contribution in [1.29, 1.82) is 0 Å². The zero-order chi connectivity index (χ0) is 10.4. The molecule has 0 aromatic carbocycles. The molecular formula is C11H22O2S. The molecule has 0 aromatic heterocycles. The lowest BCUT2D eigenvalue weighted by Gasteiger charge is -2.29. The molecule has 3 heteroatoms. The molecule has 0 N–H and O–H groups in total. The van der Waals surface area contributed by atoms with Gasteiger partial charge in [0, 0.05) is 11.7 Å². The smallest absolute Gasteiger partial charge is 0.169 e. The van der Waals surface area contributed by atoms with Crippen LogP contribution < -0.4 is 0 Å². The lowest BCUT2D eigenvalue weighted by molar-refractivity contribution is -0.171. The van der Waals surface area contributed by atoms with Crippen molar-refractivity contribution < 1.29 is 9.47 Å². The van der Waals surface area contributed by atoms with E-state index in [9.17, 15) is 0 Å². The van der Waals surface area contributed by atoms with E-state index in [1.807, 2.05) is 11.8 Å². The third-order valence-electron chi connectivity index (χ3n) is 2.77. The van der Waals surface area contributed by atoms with E-state index in [0.29, 0.717) is 5.92 Å². The number of thioether (sulfide) groups is 1. The molecular weight excluding hydrogens is 196 g/mol. The second-order valence-corrected chi connectivity index (χ2v) is 5.19. The predicted octanol–water partition coefficient (Wildman–Crippen LogP) is 2.92. The van der Waals surface area contributed by atoms with Crippen molar-refractivity contribution in [3.05, 3.63) is 0 Å². The molecule has 0 aliphatic carbocycles. The topological polar surface area (TPSA) is 18.5 Å². The summed E-state index contributed by atoms with van der Waals surface area (Å²) in [7, 11) is 0. The molecule has 0 radical (unpaired) electrons. The van der Waals surface area contributed by atoms with Crippen molar-refractivity contribution in [2.24, 2.45) is 5.92 Å². The van der Waals surface area contributed by atoms with Crippen LogP contribution in [0, 0.1) is 5.92 Å². The highest BCUT2D eigenvalue weighted by Gasteiger charge is 2.36. The van der Waals surface area contributed by atoms with Crippen LogP contribution >= 0.6 is 11.8 Å². The molecule has 0 spiro atoms. The normalized spacial score (nSPS) is 22.5. The first-order valence-corrected chi connectivity index (χ1v) is 6.70. The Morgan fingerprint density at radius 2 is 2.00 bits per heavy atom. The summed E-state index contributed by atoms with van der Waals surface area (Å²) >= 11 is 2.01. The van der Waals surface area contributed by atoms with Crippen LogP contribution in [0.3, 0.4) is 0 Å². The first kappa shape index (κ1) is 12.3. The molecule has 1 heterocycles. The van der Waals surface area contributed by atoms with Gasteiger partial charge in [0.05, 0.1) is 13.2 Å². The number of unbranched alkanes of at least 4 members (excludes halogenated alkanes) is 1. The maximum absolute atomic E-state index is 5.62. The van der Waals surface area contributed by atoms with Gasteiger partial charge < -0.3 is 9.47 Å². The van der Waals surface area contributed by atoms with Gasteiger partial charge in [-0.15, -0.1) is 0 Å². The molecule has 1 unspecified atom stereocenters. The molecule has 0 aromatic rings. The van der Waals surface area contributed by atoms with E-state index in [2.05, 4.69) is 20.8 Å². The van der Waals surface area contributed by atoms with Gasteiger partial charge in [-0.3, -0.25) is 0 Å². The quantitative estimate of drug-likeness (QED) is 0.639. The second kappa shape index (κ2) is 5.99. The van der Waals surface area contributed by atoms with Gasteiger partial charge in [0.2, 0.25) is 0 Å². The molecule has 14 heavy (non-hydrogen) atoms. The Labute approximate surface area is 91.7 Å². The van der Waals surface area contributed by atoms with Crippen molar-refractivity contribution in [2.45, 2.75) is 39.4 Å². The molecule has 0 amide bonds. The molecule has 1 aliphatic heterocycles. The summed E-state index contributed by atoms with van der Waals surface area (Å²) in [5, 5.41) is 0. The fourth-order valence-electron chi connectivity index (χ4n) is 1.47. The molecule has 2 nitrogen and oxygen atoms in total. The number of rotatable bonds is 6. The van der Waals surface area contributed by atoms with Crippen LogP contribution in [0.25, 0.3) is 0 Å². The highest BCUT2D eigenvalue weighted by Crippen LogP contribution is 2.30. The Kier molecular flexibility index (Phi) is 5.28. The molecule has 0 saturated carbocycles. The summed E-state index contributed by atoms with van der Waals surface area (Å²) in [5.74, 6) is 2.55. The van der Waals surface area contributed by atoms with Crippen LogP contribution in [0.15, 0.2) is 0 Å². The highest BCUT2D eigenvalue weighted by molar-refractivity contribution is 7.99. The van der Waals surface area contributed by atoms with Crippen molar-refractivity contribution >= 4 is 11.8 Å². The number of hydrogen-bond donors (Lipinski definition) is 0. The summed E-state index contributed by atoms with van der Waals surface area (Å²) in [4.78, 5) is 0. The Morgan fingerprint density at radius 1 is 1.36 bits per heavy atom. The van der Waals surface area contributed by atoms with E-state index in [1.54, 1.807) is 0 Å². The molecule has 84 valence electrons. The molecule has 1 rings (SSSR count). The first-order chi connectivity index (χ1) is 6.69. The van der Waals surface area contributed by atoms with Crippen LogP contribution in [-0.2, 0) is 9.47 Å². The third-order valence-corrected chi connectivity index (χ3v) is 4.08. The SMILES string of the molecule is CCCCSCC(C)C1(C)OCCO1. The van der Waals surface area contributed by atoms with E-state index < -0.39 is 0 Å². The first-order valence-electron chi connectivity index (χ1n) is 5.54. The maximum Gasteiger partial charge on any atom is 0.169 e. The Bertz CT molecular complexity index is 155. The lowest BCUT2D eigenvalue weighted by atomic mass is 10.1. The van der Waals surface area contributed by atoms with Crippen LogP contribution in [0.2, 0.25) is 0 Å². The summed E-state index contributed by atoms with van der Waals surface area (Å²) in [6, 6.07) is 0. The lowest BCUT2D eigenvalue weighted by Crippen LogP contribution is -2.35. The fraction of sp³-hybridized carbons (Fsp3) is 1.00. The van der Waals surface area contributed by atoms with E-state index >= 15 is 0 Å². The van der Waals surface area contributed by atoms with Gasteiger partial charge in [-0.25, -0.2) is 0 Å². The van der Waals surface area contributed by atoms with E-state index in [4.69, 9.17) is 9.47 Å². The zero-order valence-electron chi connectivity index (χ0n) is 9.54. The van der Waals surface area contributed by atoms with Crippen molar-refractivity contribution in [2.75, 3.05) is 24.7 Å². The third kappa shape index (κ3) is 3.44. The monoisotopic (exact) mass is 218 g/mol. The minimum atomic E-state index is -0.320. The number of hydrogen-bond acceptors (Lipinski definition) is 3. The minimum Gasteiger partial charge on any atom is -0.348 e. The van der Waals surface area contributed by atoms with Crippen molar-refractivity contribution in [1.82, 2.24) is 0 Å². The Balaban J connectivity index is 2.16. The van der Waals surface area contributed by atoms with Gasteiger partial charge in [0.25, 0.3) is 0 Å². The van der Waals surface area contributed by atoms with E-state index in [-0.39, 0.29) is 5.79 Å². The van der Waals surface area contributed by atoms with Gasteiger partial charge >= 0.3 is 0 Å². The minimum absolute atomic E-state index is 0.320. The van der Waals surface area contributed by atoms with Gasteiger partial charge in [0.1, 0.15) is 0 Å². The van der Waals surface area contributed by atoms with Crippen LogP contribution in [-0.4, -0.2) is 30.5 Å². The van der Waals surface area contributed by atoms with Crippen LogP contribution in [0.5, 0.6) is 0 Å². The highest BCUT2D eigenvalue weighted by atomic mass is 32.2. The van der Waals surface area contributed by atoms with Gasteiger partial charge in [-0.2, -0.15) is 11.8 Å². The molecule has 0 bridgehead atoms. The average molecular weight is 218 g/mol. The van der Waals surface area contributed by atoms with Gasteiger partial charge in [0.15, 0.2) is 5.79 Å². The summed E-state index contributed by atoms with van der Waals surface area (Å²) < 4.78 is 11.2.